The second-order valence-electron chi connectivity index (χ2n) is 9.10. The Morgan fingerprint density at radius 3 is 2.92 bits per heavy atom. The topological polar surface area (TPSA) is 152 Å². The van der Waals surface area contributed by atoms with Gasteiger partial charge in [0, 0.05) is 36.2 Å². The Hall–Kier alpha value is -4.16. The molecule has 0 bridgehead atoms. The molecule has 13 heteroatoms. The van der Waals surface area contributed by atoms with Crippen molar-refractivity contribution in [3.8, 4) is 0 Å². The maximum absolute atomic E-state index is 14.1. The first kappa shape index (κ1) is 23.6. The van der Waals surface area contributed by atoms with Crippen LogP contribution in [0.2, 0.25) is 0 Å². The fraction of sp³-hybridized carbons (Fsp3) is 0.435. The lowest BCUT2D eigenvalue weighted by Crippen LogP contribution is -2.39. The summed E-state index contributed by atoms with van der Waals surface area (Å²) in [5, 5.41) is 12.4. The number of amides is 2. The summed E-state index contributed by atoms with van der Waals surface area (Å²) >= 11 is 0. The molecule has 188 valence electrons. The molecule has 2 N–H and O–H groups in total. The molecule has 1 aliphatic carbocycles. The molecule has 1 saturated heterocycles. The predicted octanol–water partition coefficient (Wildman–Crippen LogP) is 1.40. The third-order valence-electron chi connectivity index (χ3n) is 7.03. The van der Waals surface area contributed by atoms with Gasteiger partial charge < -0.3 is 15.0 Å². The number of tetrazole rings is 1. The number of aromatic nitrogens is 5. The maximum atomic E-state index is 14.1. The van der Waals surface area contributed by atoms with Gasteiger partial charge in [0.25, 0.3) is 17.2 Å². The molecule has 5 rings (SSSR count). The fourth-order valence-corrected chi connectivity index (χ4v) is 5.32. The van der Waals surface area contributed by atoms with Gasteiger partial charge in [-0.05, 0) is 49.6 Å². The Labute approximate surface area is 203 Å². The monoisotopic (exact) mass is 497 g/mol. The number of carbonyl (C=O) groups excluding carboxylic acids is 3. The molecule has 1 spiro atoms. The third kappa shape index (κ3) is 4.10. The van der Waals surface area contributed by atoms with E-state index in [-0.39, 0.29) is 35.5 Å². The van der Waals surface area contributed by atoms with E-state index >= 15 is 0 Å². The zero-order chi connectivity index (χ0) is 25.4. The summed E-state index contributed by atoms with van der Waals surface area (Å²) < 4.78 is 20.0. The van der Waals surface area contributed by atoms with Crippen molar-refractivity contribution in [3.05, 3.63) is 51.7 Å². The normalized spacial score (nSPS) is 21.3. The maximum Gasteiger partial charge on any atom is 0.341 e. The molecule has 3 aromatic rings. The molecular formula is C23H24FN7O5. The van der Waals surface area contributed by atoms with Crippen LogP contribution in [0, 0.1) is 17.2 Å². The number of benzene rings is 1. The molecule has 1 aromatic carbocycles. The minimum atomic E-state index is -0.801. The zero-order valence-corrected chi connectivity index (χ0v) is 19.5. The Kier molecular flexibility index (Phi) is 5.98. The van der Waals surface area contributed by atoms with Crippen LogP contribution in [-0.2, 0) is 9.53 Å². The number of ether oxygens (including phenoxy) is 1. The van der Waals surface area contributed by atoms with Gasteiger partial charge in [0.1, 0.15) is 11.5 Å². The summed E-state index contributed by atoms with van der Waals surface area (Å²) in [6.07, 6.45) is 2.86. The summed E-state index contributed by atoms with van der Waals surface area (Å²) in [4.78, 5) is 56.4. The van der Waals surface area contributed by atoms with E-state index in [2.05, 4.69) is 25.8 Å². The van der Waals surface area contributed by atoms with Crippen molar-refractivity contribution < 1.29 is 23.5 Å². The number of nitrogens with one attached hydrogen (secondary N) is 2. The molecule has 2 aromatic heterocycles. The second-order valence-corrected chi connectivity index (χ2v) is 9.10. The first-order valence-corrected chi connectivity index (χ1v) is 11.7. The highest BCUT2D eigenvalue weighted by Crippen LogP contribution is 2.50. The van der Waals surface area contributed by atoms with Crippen molar-refractivity contribution in [1.29, 1.82) is 0 Å². The van der Waals surface area contributed by atoms with Gasteiger partial charge in [0.2, 0.25) is 5.91 Å². The number of rotatable bonds is 5. The van der Waals surface area contributed by atoms with Crippen molar-refractivity contribution in [2.24, 2.45) is 11.3 Å². The number of anilines is 1. The Bertz CT molecular complexity index is 1420. The van der Waals surface area contributed by atoms with Gasteiger partial charge in [-0.1, -0.05) is 11.5 Å². The van der Waals surface area contributed by atoms with Gasteiger partial charge in [-0.2, -0.15) is 9.73 Å². The number of halogens is 1. The standard InChI is InChI=1S/C23H24FN7O5/c1-2-36-21(35)14-10-13(5-6-16(14)24)25-19(33)15-4-3-7-23(15)8-9-30(12-23)20(34)17-11-18(32)31-22(26-17)27-28-29-31/h5-6,10-11,15H,2-4,7-9,12H2,1H3,(H,25,33)(H,26,27,29). The molecule has 2 fully saturated rings. The number of hydrogen-bond donors (Lipinski definition) is 2. The number of nitrogens with zero attached hydrogens (tertiary/aromatic N) is 5. The largest absolute Gasteiger partial charge is 0.462 e. The molecule has 1 saturated carbocycles. The Morgan fingerprint density at radius 2 is 2.11 bits per heavy atom. The molecule has 3 heterocycles. The number of likely N-dealkylation sites (tertiary alicyclic amines) is 1. The highest BCUT2D eigenvalue weighted by Gasteiger charge is 2.51. The second kappa shape index (κ2) is 9.13. The highest BCUT2D eigenvalue weighted by molar-refractivity contribution is 5.96. The van der Waals surface area contributed by atoms with Gasteiger partial charge in [-0.25, -0.2) is 14.2 Å². The van der Waals surface area contributed by atoms with E-state index in [1.165, 1.54) is 12.1 Å². The zero-order valence-electron chi connectivity index (χ0n) is 19.5. The molecule has 2 atom stereocenters. The minimum absolute atomic E-state index is 0.000587. The van der Waals surface area contributed by atoms with Crippen LogP contribution < -0.4 is 10.9 Å². The van der Waals surface area contributed by atoms with Crippen molar-refractivity contribution in [3.63, 3.8) is 0 Å². The smallest absolute Gasteiger partial charge is 0.341 e. The van der Waals surface area contributed by atoms with Crippen molar-refractivity contribution in [2.75, 3.05) is 25.0 Å². The van der Waals surface area contributed by atoms with Gasteiger partial charge >= 0.3 is 5.97 Å². The van der Waals surface area contributed by atoms with Gasteiger partial charge in [-0.15, -0.1) is 0 Å². The summed E-state index contributed by atoms with van der Waals surface area (Å²) in [5.74, 6) is -2.56. The van der Waals surface area contributed by atoms with E-state index in [1.54, 1.807) is 11.8 Å². The molecular weight excluding hydrogens is 473 g/mol. The number of carbonyl (C=O) groups is 3. The van der Waals surface area contributed by atoms with Crippen LogP contribution in [0.15, 0.2) is 29.1 Å². The lowest BCUT2D eigenvalue weighted by Gasteiger charge is -2.30. The van der Waals surface area contributed by atoms with Gasteiger partial charge in [-0.3, -0.25) is 14.4 Å². The van der Waals surface area contributed by atoms with Crippen LogP contribution in [0.1, 0.15) is 53.5 Å². The number of fused-ring (bicyclic) bond motifs is 1. The molecule has 1 aliphatic heterocycles. The van der Waals surface area contributed by atoms with Crippen molar-refractivity contribution in [2.45, 2.75) is 32.6 Å². The summed E-state index contributed by atoms with van der Waals surface area (Å²) in [7, 11) is 0. The number of aromatic amines is 1. The number of esters is 1. The fourth-order valence-electron chi connectivity index (χ4n) is 5.32. The van der Waals surface area contributed by atoms with E-state index in [1.807, 2.05) is 0 Å². The third-order valence-corrected chi connectivity index (χ3v) is 7.03. The van der Waals surface area contributed by atoms with E-state index in [0.717, 1.165) is 29.5 Å². The molecule has 0 radical (unpaired) electrons. The van der Waals surface area contributed by atoms with Crippen LogP contribution in [0.5, 0.6) is 0 Å². The highest BCUT2D eigenvalue weighted by atomic mass is 19.1. The summed E-state index contributed by atoms with van der Waals surface area (Å²) in [5.41, 5.74) is -0.898. The predicted molar refractivity (Wildman–Crippen MR) is 123 cm³/mol. The van der Waals surface area contributed by atoms with Crippen LogP contribution in [0.4, 0.5) is 10.1 Å². The van der Waals surface area contributed by atoms with Gasteiger partial charge in [0.15, 0.2) is 0 Å². The van der Waals surface area contributed by atoms with E-state index in [9.17, 15) is 23.6 Å². The first-order chi connectivity index (χ1) is 17.3. The number of hydrogen-bond acceptors (Lipinski definition) is 8. The van der Waals surface area contributed by atoms with E-state index in [4.69, 9.17) is 4.74 Å². The quantitative estimate of drug-likeness (QED) is 0.502. The average molecular weight is 497 g/mol. The van der Waals surface area contributed by atoms with Gasteiger partial charge in [0.05, 0.1) is 12.2 Å². The van der Waals surface area contributed by atoms with Crippen LogP contribution in [0.3, 0.4) is 0 Å². The van der Waals surface area contributed by atoms with Crippen LogP contribution in [-0.4, -0.2) is 67.4 Å². The Morgan fingerprint density at radius 1 is 1.28 bits per heavy atom. The molecule has 2 unspecified atom stereocenters. The molecule has 2 aliphatic rings. The first-order valence-electron chi connectivity index (χ1n) is 11.7. The average Bonchev–Trinajstić information content (AvgIpc) is 3.60. The summed E-state index contributed by atoms with van der Waals surface area (Å²) in [6.45, 7) is 2.50. The minimum Gasteiger partial charge on any atom is -0.462 e. The molecule has 2 amide bonds. The SMILES string of the molecule is CCOC(=O)c1cc(NC(=O)C2CCCC23CCN(C(=O)c2cc(=O)n4[nH]nnc4n2)C3)ccc1F. The van der Waals surface area contributed by atoms with E-state index < -0.39 is 28.7 Å². The number of H-pyrrole nitrogens is 1. The van der Waals surface area contributed by atoms with Crippen molar-refractivity contribution in [1.82, 2.24) is 29.9 Å². The van der Waals surface area contributed by atoms with Crippen molar-refractivity contribution >= 4 is 29.2 Å². The molecule has 36 heavy (non-hydrogen) atoms. The lowest BCUT2D eigenvalue weighted by atomic mass is 9.76. The Balaban J connectivity index is 1.31. The summed E-state index contributed by atoms with van der Waals surface area (Å²) in [6, 6.07) is 4.91. The lowest BCUT2D eigenvalue weighted by molar-refractivity contribution is -0.122. The van der Waals surface area contributed by atoms with E-state index in [0.29, 0.717) is 31.6 Å². The molecule has 12 nitrogen and oxygen atoms in total. The van der Waals surface area contributed by atoms with Crippen LogP contribution >= 0.6 is 0 Å². The van der Waals surface area contributed by atoms with Crippen LogP contribution in [0.25, 0.3) is 5.78 Å².